The average Bonchev–Trinajstić information content (AvgIpc) is 2.72. The van der Waals surface area contributed by atoms with Gasteiger partial charge in [-0.1, -0.05) is 26.0 Å². The molecule has 0 saturated carbocycles. The lowest BCUT2D eigenvalue weighted by atomic mass is 9.93. The molecule has 3 rings (SSSR count). The van der Waals surface area contributed by atoms with Crippen LogP contribution in [0.1, 0.15) is 37.5 Å². The Balaban J connectivity index is 0.00000126. The lowest BCUT2D eigenvalue weighted by Crippen LogP contribution is -2.44. The summed E-state index contributed by atoms with van der Waals surface area (Å²) in [6, 6.07) is 15.8. The Bertz CT molecular complexity index is 756. The minimum Gasteiger partial charge on any atom is -0.457 e. The number of hydrogen-bond acceptors (Lipinski definition) is 6. The summed E-state index contributed by atoms with van der Waals surface area (Å²) in [5.74, 6) is 1.12. The molecule has 0 radical (unpaired) electrons. The van der Waals surface area contributed by atoms with Crippen molar-refractivity contribution in [2.45, 2.75) is 44.7 Å². The molecule has 1 saturated heterocycles. The van der Waals surface area contributed by atoms with Gasteiger partial charge in [-0.2, -0.15) is 5.26 Å². The Morgan fingerprint density at radius 2 is 1.81 bits per heavy atom. The number of nitrogens with zero attached hydrogens (tertiary/aromatic N) is 1. The van der Waals surface area contributed by atoms with Crippen molar-refractivity contribution < 1.29 is 24.8 Å². The normalized spacial score (nSPS) is 24.3. The fraction of sp³-hybridized carbons (Fsp3) is 0.381. The van der Waals surface area contributed by atoms with E-state index in [0.29, 0.717) is 22.6 Å². The first-order valence-electron chi connectivity index (χ1n) is 9.01. The van der Waals surface area contributed by atoms with Gasteiger partial charge in [0.1, 0.15) is 23.7 Å². The van der Waals surface area contributed by atoms with Crippen LogP contribution >= 0.6 is 0 Å². The molecule has 0 aromatic heterocycles. The van der Waals surface area contributed by atoms with Crippen LogP contribution < -0.4 is 4.74 Å². The fourth-order valence-electron chi connectivity index (χ4n) is 2.84. The molecule has 3 N–H and O–H groups in total. The van der Waals surface area contributed by atoms with Gasteiger partial charge in [0.15, 0.2) is 0 Å². The lowest BCUT2D eigenvalue weighted by Gasteiger charge is -2.36. The molecule has 0 spiro atoms. The van der Waals surface area contributed by atoms with Crippen molar-refractivity contribution in [1.29, 1.82) is 5.26 Å². The van der Waals surface area contributed by atoms with Crippen molar-refractivity contribution in [3.63, 3.8) is 0 Å². The van der Waals surface area contributed by atoms with Gasteiger partial charge >= 0.3 is 0 Å². The second kappa shape index (κ2) is 10.0. The highest BCUT2D eigenvalue weighted by Gasteiger charge is 2.37. The van der Waals surface area contributed by atoms with Crippen molar-refractivity contribution >= 4 is 0 Å². The second-order valence-electron chi connectivity index (χ2n) is 5.97. The van der Waals surface area contributed by atoms with Gasteiger partial charge in [0.2, 0.25) is 0 Å². The summed E-state index contributed by atoms with van der Waals surface area (Å²) >= 11 is 0. The number of aliphatic hydroxyl groups excluding tert-OH is 3. The fourth-order valence-corrected chi connectivity index (χ4v) is 2.84. The van der Waals surface area contributed by atoms with Crippen molar-refractivity contribution in [2.75, 3.05) is 6.61 Å². The van der Waals surface area contributed by atoms with Gasteiger partial charge in [-0.25, -0.2) is 0 Å². The van der Waals surface area contributed by atoms with Crippen LogP contribution in [0.15, 0.2) is 48.5 Å². The monoisotopic (exact) mass is 371 g/mol. The molecule has 0 amide bonds. The maximum Gasteiger partial charge on any atom is 0.127 e. The molecule has 0 bridgehead atoms. The van der Waals surface area contributed by atoms with Gasteiger partial charge in [-0.15, -0.1) is 0 Å². The summed E-state index contributed by atoms with van der Waals surface area (Å²) < 4.78 is 11.5. The van der Waals surface area contributed by atoms with E-state index in [0.717, 1.165) is 0 Å². The Morgan fingerprint density at radius 3 is 2.44 bits per heavy atom. The quantitative estimate of drug-likeness (QED) is 0.764. The Morgan fingerprint density at radius 1 is 1.11 bits per heavy atom. The first-order chi connectivity index (χ1) is 13.1. The van der Waals surface area contributed by atoms with Gasteiger partial charge in [0.25, 0.3) is 0 Å². The van der Waals surface area contributed by atoms with E-state index >= 15 is 0 Å². The zero-order valence-corrected chi connectivity index (χ0v) is 15.4. The summed E-state index contributed by atoms with van der Waals surface area (Å²) in [7, 11) is 0. The minimum absolute atomic E-state index is 0.190. The van der Waals surface area contributed by atoms with E-state index in [1.807, 2.05) is 19.9 Å². The molecular formula is C21H25NO5. The highest BCUT2D eigenvalue weighted by atomic mass is 16.5. The summed E-state index contributed by atoms with van der Waals surface area (Å²) in [4.78, 5) is 0. The van der Waals surface area contributed by atoms with E-state index in [1.54, 1.807) is 48.5 Å². The number of hydrogen-bond donors (Lipinski definition) is 3. The minimum atomic E-state index is -1.08. The van der Waals surface area contributed by atoms with Gasteiger partial charge in [-0.3, -0.25) is 0 Å². The van der Waals surface area contributed by atoms with E-state index in [4.69, 9.17) is 14.7 Å². The summed E-state index contributed by atoms with van der Waals surface area (Å²) in [5.41, 5.74) is 1.19. The van der Waals surface area contributed by atoms with Crippen molar-refractivity contribution in [1.82, 2.24) is 0 Å². The summed E-state index contributed by atoms with van der Waals surface area (Å²) in [6.07, 6.45) is -3.11. The highest BCUT2D eigenvalue weighted by Crippen LogP contribution is 2.34. The van der Waals surface area contributed by atoms with Crippen molar-refractivity contribution in [3.05, 3.63) is 59.7 Å². The molecule has 2 aromatic rings. The zero-order chi connectivity index (χ0) is 19.8. The predicted octanol–water partition coefficient (Wildman–Crippen LogP) is 2.92. The van der Waals surface area contributed by atoms with Crippen LogP contribution in [0.4, 0.5) is 0 Å². The molecule has 1 heterocycles. The lowest BCUT2D eigenvalue weighted by molar-refractivity contribution is -0.179. The summed E-state index contributed by atoms with van der Waals surface area (Å²) in [5, 5.41) is 38.3. The third kappa shape index (κ3) is 5.28. The van der Waals surface area contributed by atoms with Crippen LogP contribution in [-0.4, -0.2) is 40.2 Å². The first-order valence-corrected chi connectivity index (χ1v) is 9.01. The van der Waals surface area contributed by atoms with Gasteiger partial charge < -0.3 is 24.8 Å². The van der Waals surface area contributed by atoms with E-state index in [2.05, 4.69) is 0 Å². The maximum absolute atomic E-state index is 10.2. The van der Waals surface area contributed by atoms with Crippen LogP contribution in [-0.2, 0) is 4.74 Å². The molecular weight excluding hydrogens is 346 g/mol. The third-order valence-electron chi connectivity index (χ3n) is 4.16. The molecule has 1 fully saturated rings. The molecule has 1 aliphatic rings. The summed E-state index contributed by atoms with van der Waals surface area (Å²) in [6.45, 7) is 3.78. The van der Waals surface area contributed by atoms with E-state index in [9.17, 15) is 15.3 Å². The predicted molar refractivity (Wildman–Crippen MR) is 100 cm³/mol. The number of ether oxygens (including phenoxy) is 2. The molecule has 144 valence electrons. The number of aliphatic hydroxyl groups is 3. The van der Waals surface area contributed by atoms with Crippen LogP contribution in [0, 0.1) is 11.3 Å². The smallest absolute Gasteiger partial charge is 0.127 e. The first kappa shape index (κ1) is 20.9. The highest BCUT2D eigenvalue weighted by molar-refractivity contribution is 5.38. The van der Waals surface area contributed by atoms with Crippen LogP contribution in [0.5, 0.6) is 11.5 Å². The molecule has 1 aliphatic heterocycles. The number of rotatable bonds is 4. The van der Waals surface area contributed by atoms with E-state index in [-0.39, 0.29) is 13.0 Å². The van der Waals surface area contributed by atoms with Gasteiger partial charge in [0, 0.05) is 6.42 Å². The Hall–Kier alpha value is -2.43. The van der Waals surface area contributed by atoms with Crippen molar-refractivity contribution in [3.8, 4) is 17.6 Å². The van der Waals surface area contributed by atoms with E-state index in [1.165, 1.54) is 0 Å². The topological polar surface area (TPSA) is 103 Å². The number of benzene rings is 2. The van der Waals surface area contributed by atoms with Gasteiger partial charge in [-0.05, 0) is 42.0 Å². The van der Waals surface area contributed by atoms with Crippen molar-refractivity contribution in [2.24, 2.45) is 0 Å². The molecule has 6 heteroatoms. The Kier molecular flexibility index (Phi) is 7.77. The van der Waals surface area contributed by atoms with Crippen LogP contribution in [0.25, 0.3) is 0 Å². The zero-order valence-electron chi connectivity index (χ0n) is 15.4. The third-order valence-corrected chi connectivity index (χ3v) is 4.16. The van der Waals surface area contributed by atoms with Crippen LogP contribution in [0.3, 0.4) is 0 Å². The molecule has 4 atom stereocenters. The average molecular weight is 371 g/mol. The maximum atomic E-state index is 10.2. The molecule has 3 unspecified atom stereocenters. The number of nitriles is 1. The largest absolute Gasteiger partial charge is 0.457 e. The SMILES string of the molecule is CC.N#Cc1ccc(Oc2cccc([C@H]3OC(CO)CC(O)C3O)c2)cc1. The molecule has 6 nitrogen and oxygen atoms in total. The molecule has 27 heavy (non-hydrogen) atoms. The van der Waals surface area contributed by atoms with Crippen LogP contribution in [0.2, 0.25) is 0 Å². The molecule has 0 aliphatic carbocycles. The standard InChI is InChI=1S/C19H19NO5.C2H6/c20-10-12-4-6-14(7-5-12)24-15-3-1-2-13(8-15)19-18(23)17(22)9-16(11-21)25-19;1-2/h1-8,16-19,21-23H,9,11H2;1-2H3/t16?,17?,18?,19-;/m1./s1. The second-order valence-corrected chi connectivity index (χ2v) is 5.97. The van der Waals surface area contributed by atoms with Gasteiger partial charge in [0.05, 0.1) is 30.4 Å². The molecule has 2 aromatic carbocycles. The Labute approximate surface area is 159 Å². The van der Waals surface area contributed by atoms with E-state index < -0.39 is 24.4 Å².